The van der Waals surface area contributed by atoms with Gasteiger partial charge in [-0.05, 0) is 49.7 Å². The molecule has 0 saturated heterocycles. The van der Waals surface area contributed by atoms with E-state index in [9.17, 15) is 4.79 Å². The molecule has 0 unspecified atom stereocenters. The summed E-state index contributed by atoms with van der Waals surface area (Å²) in [5.74, 6) is 0.840. The predicted molar refractivity (Wildman–Crippen MR) is 107 cm³/mol. The number of para-hydroxylation sites is 2. The fourth-order valence-electron chi connectivity index (χ4n) is 2.78. The van der Waals surface area contributed by atoms with Gasteiger partial charge in [-0.25, -0.2) is 9.97 Å². The Balaban J connectivity index is 1.87. The first-order valence-electron chi connectivity index (χ1n) is 8.74. The Labute approximate surface area is 158 Å². The molecule has 0 radical (unpaired) electrons. The Morgan fingerprint density at radius 1 is 1.15 bits per heavy atom. The van der Waals surface area contributed by atoms with E-state index in [-0.39, 0.29) is 5.91 Å². The van der Waals surface area contributed by atoms with Crippen LogP contribution in [0.15, 0.2) is 60.8 Å². The van der Waals surface area contributed by atoms with Gasteiger partial charge in [-0.15, -0.1) is 0 Å². The Kier molecular flexibility index (Phi) is 5.66. The molecule has 0 saturated carbocycles. The van der Waals surface area contributed by atoms with Crippen molar-refractivity contribution in [3.8, 4) is 5.75 Å². The molecule has 2 aromatic carbocycles. The number of amides is 1. The van der Waals surface area contributed by atoms with Gasteiger partial charge < -0.3 is 15.0 Å². The number of nitrogens with one attached hydrogen (secondary N) is 1. The van der Waals surface area contributed by atoms with E-state index in [1.54, 1.807) is 24.3 Å². The quantitative estimate of drug-likeness (QED) is 0.712. The summed E-state index contributed by atoms with van der Waals surface area (Å²) in [4.78, 5) is 23.3. The molecule has 138 valence electrons. The molecule has 6 nitrogen and oxygen atoms in total. The number of anilines is 3. The topological polar surface area (TPSA) is 67.4 Å². The van der Waals surface area contributed by atoms with Crippen LogP contribution >= 0.6 is 0 Å². The number of carbonyl (C=O) groups excluding carboxylic acids is 1. The van der Waals surface area contributed by atoms with Crippen LogP contribution in [0, 0.1) is 6.92 Å². The maximum Gasteiger partial charge on any atom is 0.277 e. The number of hydrogen-bond acceptors (Lipinski definition) is 5. The molecule has 3 rings (SSSR count). The zero-order valence-electron chi connectivity index (χ0n) is 15.6. The molecule has 0 fully saturated rings. The van der Waals surface area contributed by atoms with E-state index in [2.05, 4.69) is 15.3 Å². The standard InChI is InChI=1S/C21H22N4O2/c1-4-25(16-9-7-8-15(2)14-16)20(26)18-12-13-22-21(24-18)23-17-10-5-6-11-19(17)27-3/h5-14H,4H2,1-3H3,(H,22,23,24). The predicted octanol–water partition coefficient (Wildman–Crippen LogP) is 4.20. The first-order chi connectivity index (χ1) is 13.1. The molecule has 1 aromatic heterocycles. The lowest BCUT2D eigenvalue weighted by Gasteiger charge is -2.21. The molecule has 1 heterocycles. The first kappa shape index (κ1) is 18.4. The highest BCUT2D eigenvalue weighted by Crippen LogP contribution is 2.25. The summed E-state index contributed by atoms with van der Waals surface area (Å²) in [6.07, 6.45) is 1.57. The summed E-state index contributed by atoms with van der Waals surface area (Å²) in [6, 6.07) is 16.9. The largest absolute Gasteiger partial charge is 0.495 e. The van der Waals surface area contributed by atoms with E-state index in [0.717, 1.165) is 16.9 Å². The summed E-state index contributed by atoms with van der Waals surface area (Å²) in [6.45, 7) is 4.48. The van der Waals surface area contributed by atoms with Crippen LogP contribution in [-0.4, -0.2) is 29.5 Å². The van der Waals surface area contributed by atoms with Crippen LogP contribution in [0.3, 0.4) is 0 Å². The summed E-state index contributed by atoms with van der Waals surface area (Å²) in [5.41, 5.74) is 3.00. The fourth-order valence-corrected chi connectivity index (χ4v) is 2.78. The van der Waals surface area contributed by atoms with E-state index >= 15 is 0 Å². The lowest BCUT2D eigenvalue weighted by Crippen LogP contribution is -2.31. The normalized spacial score (nSPS) is 10.3. The van der Waals surface area contributed by atoms with Gasteiger partial charge in [-0.2, -0.15) is 0 Å². The third-order valence-corrected chi connectivity index (χ3v) is 4.10. The Hall–Kier alpha value is -3.41. The van der Waals surface area contributed by atoms with Gasteiger partial charge in [-0.3, -0.25) is 4.79 Å². The van der Waals surface area contributed by atoms with Crippen molar-refractivity contribution in [2.24, 2.45) is 0 Å². The number of benzene rings is 2. The van der Waals surface area contributed by atoms with Gasteiger partial charge in [0.2, 0.25) is 5.95 Å². The first-order valence-corrected chi connectivity index (χ1v) is 8.74. The highest BCUT2D eigenvalue weighted by Gasteiger charge is 2.18. The van der Waals surface area contributed by atoms with E-state index in [1.165, 1.54) is 0 Å². The van der Waals surface area contributed by atoms with Crippen molar-refractivity contribution >= 4 is 23.2 Å². The Morgan fingerprint density at radius 2 is 1.96 bits per heavy atom. The number of rotatable bonds is 6. The van der Waals surface area contributed by atoms with Crippen LogP contribution in [0.4, 0.5) is 17.3 Å². The molecule has 6 heteroatoms. The molecular formula is C21H22N4O2. The van der Waals surface area contributed by atoms with Crippen molar-refractivity contribution < 1.29 is 9.53 Å². The van der Waals surface area contributed by atoms with Crippen LogP contribution in [0.2, 0.25) is 0 Å². The lowest BCUT2D eigenvalue weighted by molar-refractivity contribution is 0.0983. The zero-order chi connectivity index (χ0) is 19.2. The minimum Gasteiger partial charge on any atom is -0.495 e. The monoisotopic (exact) mass is 362 g/mol. The molecular weight excluding hydrogens is 340 g/mol. The third-order valence-electron chi connectivity index (χ3n) is 4.10. The molecule has 1 amide bonds. The molecule has 0 bridgehead atoms. The minimum absolute atomic E-state index is 0.173. The molecule has 0 atom stereocenters. The summed E-state index contributed by atoms with van der Waals surface area (Å²) in [7, 11) is 1.60. The van der Waals surface area contributed by atoms with Gasteiger partial charge in [0, 0.05) is 18.4 Å². The summed E-state index contributed by atoms with van der Waals surface area (Å²) in [5, 5.41) is 3.11. The van der Waals surface area contributed by atoms with E-state index in [1.807, 2.05) is 62.4 Å². The van der Waals surface area contributed by atoms with Gasteiger partial charge in [0.15, 0.2) is 0 Å². The Bertz CT molecular complexity index is 943. The number of carbonyl (C=O) groups is 1. The van der Waals surface area contributed by atoms with Crippen LogP contribution in [0.5, 0.6) is 5.75 Å². The number of aryl methyl sites for hydroxylation is 1. The summed E-state index contributed by atoms with van der Waals surface area (Å²) < 4.78 is 5.33. The molecule has 0 spiro atoms. The Morgan fingerprint density at radius 3 is 2.70 bits per heavy atom. The SMILES string of the molecule is CCN(C(=O)c1ccnc(Nc2ccccc2OC)n1)c1cccc(C)c1. The average molecular weight is 362 g/mol. The van der Waals surface area contributed by atoms with Crippen LogP contribution in [0.1, 0.15) is 23.0 Å². The molecule has 0 aliphatic carbocycles. The molecule has 27 heavy (non-hydrogen) atoms. The molecule has 0 aliphatic rings. The van der Waals surface area contributed by atoms with Crippen LogP contribution < -0.4 is 15.0 Å². The van der Waals surface area contributed by atoms with E-state index in [4.69, 9.17) is 4.74 Å². The molecule has 3 aromatic rings. The number of nitrogens with zero attached hydrogens (tertiary/aromatic N) is 3. The zero-order valence-corrected chi connectivity index (χ0v) is 15.6. The number of methoxy groups -OCH3 is 1. The van der Waals surface area contributed by atoms with Gasteiger partial charge in [0.05, 0.1) is 12.8 Å². The van der Waals surface area contributed by atoms with Crippen molar-refractivity contribution in [3.63, 3.8) is 0 Å². The van der Waals surface area contributed by atoms with Crippen molar-refractivity contribution in [1.82, 2.24) is 9.97 Å². The van der Waals surface area contributed by atoms with Gasteiger partial charge >= 0.3 is 0 Å². The van der Waals surface area contributed by atoms with E-state index in [0.29, 0.717) is 23.9 Å². The smallest absolute Gasteiger partial charge is 0.277 e. The fraction of sp³-hybridized carbons (Fsp3) is 0.190. The third kappa shape index (κ3) is 4.23. The maximum absolute atomic E-state index is 13.0. The number of ether oxygens (including phenoxy) is 1. The van der Waals surface area contributed by atoms with Gasteiger partial charge in [0.1, 0.15) is 11.4 Å². The van der Waals surface area contributed by atoms with Crippen molar-refractivity contribution in [2.45, 2.75) is 13.8 Å². The lowest BCUT2D eigenvalue weighted by atomic mass is 10.2. The second kappa shape index (κ2) is 8.31. The van der Waals surface area contributed by atoms with Gasteiger partial charge in [-0.1, -0.05) is 24.3 Å². The van der Waals surface area contributed by atoms with Crippen LogP contribution in [0.25, 0.3) is 0 Å². The van der Waals surface area contributed by atoms with Gasteiger partial charge in [0.25, 0.3) is 5.91 Å². The number of aromatic nitrogens is 2. The number of hydrogen-bond donors (Lipinski definition) is 1. The molecule has 1 N–H and O–H groups in total. The summed E-state index contributed by atoms with van der Waals surface area (Å²) >= 11 is 0. The van der Waals surface area contributed by atoms with Crippen molar-refractivity contribution in [1.29, 1.82) is 0 Å². The average Bonchev–Trinajstić information content (AvgIpc) is 2.69. The highest BCUT2D eigenvalue weighted by molar-refractivity contribution is 6.04. The maximum atomic E-state index is 13.0. The van der Waals surface area contributed by atoms with Crippen LogP contribution in [-0.2, 0) is 0 Å². The second-order valence-corrected chi connectivity index (χ2v) is 5.98. The second-order valence-electron chi connectivity index (χ2n) is 5.98. The molecule has 0 aliphatic heterocycles. The highest BCUT2D eigenvalue weighted by atomic mass is 16.5. The van der Waals surface area contributed by atoms with Crippen molar-refractivity contribution in [3.05, 3.63) is 72.1 Å². The van der Waals surface area contributed by atoms with E-state index < -0.39 is 0 Å². The van der Waals surface area contributed by atoms with Crippen molar-refractivity contribution in [2.75, 3.05) is 23.9 Å². The minimum atomic E-state index is -0.173.